The number of hydrogen-bond acceptors (Lipinski definition) is 4. The number of oxazole rings is 1. The summed E-state index contributed by atoms with van der Waals surface area (Å²) >= 11 is 1.69. The fraction of sp³-hybridized carbons (Fsp3) is 0.364. The van der Waals surface area contributed by atoms with Crippen LogP contribution in [-0.4, -0.2) is 11.5 Å². The summed E-state index contributed by atoms with van der Waals surface area (Å²) in [7, 11) is 0. The predicted molar refractivity (Wildman–Crippen MR) is 62.0 cm³/mol. The molecule has 2 rings (SSSR count). The van der Waals surface area contributed by atoms with Gasteiger partial charge in [-0.15, -0.1) is 11.3 Å². The van der Waals surface area contributed by atoms with Crippen molar-refractivity contribution < 1.29 is 4.42 Å². The quantitative estimate of drug-likeness (QED) is 0.868. The number of hydrogen-bond donors (Lipinski definition) is 1. The summed E-state index contributed by atoms with van der Waals surface area (Å²) < 4.78 is 5.65. The Morgan fingerprint density at radius 2 is 2.33 bits per heavy atom. The van der Waals surface area contributed by atoms with Gasteiger partial charge in [0.05, 0.1) is 11.1 Å². The van der Waals surface area contributed by atoms with Gasteiger partial charge in [-0.2, -0.15) is 0 Å². The van der Waals surface area contributed by atoms with Crippen LogP contribution in [0, 0.1) is 6.92 Å². The molecule has 0 amide bonds. The SMILES string of the molecule is Cc1ccc(-c2ncc(C(C)CN)o2)s1. The molecule has 2 heterocycles. The molecule has 4 heteroatoms. The van der Waals surface area contributed by atoms with E-state index >= 15 is 0 Å². The lowest BCUT2D eigenvalue weighted by Crippen LogP contribution is -2.07. The zero-order valence-corrected chi connectivity index (χ0v) is 9.67. The number of nitrogens with two attached hydrogens (primary N) is 1. The van der Waals surface area contributed by atoms with E-state index in [2.05, 4.69) is 18.0 Å². The smallest absolute Gasteiger partial charge is 0.236 e. The average molecular weight is 222 g/mol. The van der Waals surface area contributed by atoms with Crippen LogP contribution in [0.5, 0.6) is 0 Å². The van der Waals surface area contributed by atoms with Crippen LogP contribution >= 0.6 is 11.3 Å². The molecule has 0 saturated carbocycles. The minimum atomic E-state index is 0.229. The number of thiophene rings is 1. The Morgan fingerprint density at radius 1 is 1.53 bits per heavy atom. The third-order valence-corrected chi connectivity index (χ3v) is 3.30. The lowest BCUT2D eigenvalue weighted by molar-refractivity contribution is 0.486. The fourth-order valence-electron chi connectivity index (χ4n) is 1.29. The normalized spacial score (nSPS) is 13.0. The molecule has 2 aromatic rings. The van der Waals surface area contributed by atoms with Crippen molar-refractivity contribution in [2.45, 2.75) is 19.8 Å². The lowest BCUT2D eigenvalue weighted by atomic mass is 10.1. The number of aromatic nitrogens is 1. The van der Waals surface area contributed by atoms with Crippen LogP contribution in [0.3, 0.4) is 0 Å². The van der Waals surface area contributed by atoms with Crippen molar-refractivity contribution in [1.82, 2.24) is 4.98 Å². The first-order valence-electron chi connectivity index (χ1n) is 4.93. The van der Waals surface area contributed by atoms with E-state index in [1.165, 1.54) is 4.88 Å². The van der Waals surface area contributed by atoms with Crippen molar-refractivity contribution in [3.8, 4) is 10.8 Å². The standard InChI is InChI=1S/C11H14N2OS/c1-7(5-12)9-6-13-11(14-9)10-4-3-8(2)15-10/h3-4,6-7H,5,12H2,1-2H3. The summed E-state index contributed by atoms with van der Waals surface area (Å²) in [5, 5.41) is 0. The van der Waals surface area contributed by atoms with Gasteiger partial charge in [0.1, 0.15) is 5.76 Å². The first-order valence-corrected chi connectivity index (χ1v) is 5.75. The molecule has 0 aromatic carbocycles. The molecule has 0 spiro atoms. The number of rotatable bonds is 3. The van der Waals surface area contributed by atoms with E-state index in [0.717, 1.165) is 10.6 Å². The minimum Gasteiger partial charge on any atom is -0.440 e. The summed E-state index contributed by atoms with van der Waals surface area (Å²) in [4.78, 5) is 6.59. The van der Waals surface area contributed by atoms with Gasteiger partial charge in [-0.1, -0.05) is 6.92 Å². The van der Waals surface area contributed by atoms with E-state index in [-0.39, 0.29) is 5.92 Å². The van der Waals surface area contributed by atoms with Gasteiger partial charge in [0, 0.05) is 17.3 Å². The molecule has 0 saturated heterocycles. The predicted octanol–water partition coefficient (Wildman–Crippen LogP) is 2.77. The molecule has 0 aliphatic heterocycles. The monoisotopic (exact) mass is 222 g/mol. The maximum absolute atomic E-state index is 5.65. The summed E-state index contributed by atoms with van der Waals surface area (Å²) in [6, 6.07) is 4.10. The highest BCUT2D eigenvalue weighted by Gasteiger charge is 2.12. The van der Waals surface area contributed by atoms with Crippen LogP contribution in [0.25, 0.3) is 10.8 Å². The van der Waals surface area contributed by atoms with Gasteiger partial charge in [0.25, 0.3) is 0 Å². The third kappa shape index (κ3) is 2.11. The molecule has 3 nitrogen and oxygen atoms in total. The van der Waals surface area contributed by atoms with Crippen molar-refractivity contribution in [3.63, 3.8) is 0 Å². The topological polar surface area (TPSA) is 52.0 Å². The maximum Gasteiger partial charge on any atom is 0.236 e. The van der Waals surface area contributed by atoms with E-state index in [1.807, 2.05) is 13.0 Å². The summed E-state index contributed by atoms with van der Waals surface area (Å²) in [6.07, 6.45) is 1.77. The highest BCUT2D eigenvalue weighted by molar-refractivity contribution is 7.15. The maximum atomic E-state index is 5.65. The highest BCUT2D eigenvalue weighted by Crippen LogP contribution is 2.28. The van der Waals surface area contributed by atoms with Crippen molar-refractivity contribution >= 4 is 11.3 Å². The molecule has 0 aliphatic rings. The molecule has 80 valence electrons. The highest BCUT2D eigenvalue weighted by atomic mass is 32.1. The summed E-state index contributed by atoms with van der Waals surface area (Å²) in [5.74, 6) is 1.79. The molecule has 1 unspecified atom stereocenters. The molecule has 0 aliphatic carbocycles. The first-order chi connectivity index (χ1) is 7.20. The van der Waals surface area contributed by atoms with Crippen LogP contribution in [0.15, 0.2) is 22.7 Å². The molecular weight excluding hydrogens is 208 g/mol. The van der Waals surface area contributed by atoms with Crippen LogP contribution in [0.1, 0.15) is 23.5 Å². The average Bonchev–Trinajstić information content (AvgIpc) is 2.84. The second-order valence-electron chi connectivity index (χ2n) is 3.61. The second-order valence-corrected chi connectivity index (χ2v) is 4.90. The zero-order chi connectivity index (χ0) is 10.8. The van der Waals surface area contributed by atoms with Crippen LogP contribution in [-0.2, 0) is 0 Å². The van der Waals surface area contributed by atoms with E-state index in [1.54, 1.807) is 17.5 Å². The van der Waals surface area contributed by atoms with Crippen molar-refractivity contribution in [2.24, 2.45) is 5.73 Å². The van der Waals surface area contributed by atoms with Crippen molar-refractivity contribution in [3.05, 3.63) is 29.0 Å². The molecule has 0 bridgehead atoms. The molecular formula is C11H14N2OS. The fourth-order valence-corrected chi connectivity index (χ4v) is 2.09. The number of nitrogens with zero attached hydrogens (tertiary/aromatic N) is 1. The van der Waals surface area contributed by atoms with Gasteiger partial charge in [0.15, 0.2) is 0 Å². The van der Waals surface area contributed by atoms with Crippen LogP contribution in [0.2, 0.25) is 0 Å². The molecule has 2 N–H and O–H groups in total. The lowest BCUT2D eigenvalue weighted by Gasteiger charge is -2.01. The van der Waals surface area contributed by atoms with E-state index in [0.29, 0.717) is 12.4 Å². The van der Waals surface area contributed by atoms with Crippen LogP contribution in [0.4, 0.5) is 0 Å². The second kappa shape index (κ2) is 4.16. The minimum absolute atomic E-state index is 0.229. The largest absolute Gasteiger partial charge is 0.440 e. The van der Waals surface area contributed by atoms with Gasteiger partial charge < -0.3 is 10.2 Å². The van der Waals surface area contributed by atoms with Crippen molar-refractivity contribution in [1.29, 1.82) is 0 Å². The van der Waals surface area contributed by atoms with Crippen molar-refractivity contribution in [2.75, 3.05) is 6.54 Å². The number of aryl methyl sites for hydroxylation is 1. The van der Waals surface area contributed by atoms with E-state index in [9.17, 15) is 0 Å². The Morgan fingerprint density at radius 3 is 2.93 bits per heavy atom. The molecule has 0 radical (unpaired) electrons. The molecule has 2 aromatic heterocycles. The zero-order valence-electron chi connectivity index (χ0n) is 8.86. The summed E-state index contributed by atoms with van der Waals surface area (Å²) in [6.45, 7) is 4.68. The Kier molecular flexibility index (Phi) is 2.88. The Hall–Kier alpha value is -1.13. The summed E-state index contributed by atoms with van der Waals surface area (Å²) in [5.41, 5.74) is 5.57. The Labute approximate surface area is 92.9 Å². The van der Waals surface area contributed by atoms with Gasteiger partial charge >= 0.3 is 0 Å². The first kappa shape index (κ1) is 10.4. The molecule has 1 atom stereocenters. The van der Waals surface area contributed by atoms with Gasteiger partial charge in [-0.05, 0) is 19.1 Å². The van der Waals surface area contributed by atoms with Gasteiger partial charge in [-0.25, -0.2) is 4.98 Å². The van der Waals surface area contributed by atoms with Crippen LogP contribution < -0.4 is 5.73 Å². The molecule has 15 heavy (non-hydrogen) atoms. The Balaban J connectivity index is 2.27. The van der Waals surface area contributed by atoms with E-state index in [4.69, 9.17) is 10.2 Å². The third-order valence-electron chi connectivity index (χ3n) is 2.31. The van der Waals surface area contributed by atoms with E-state index < -0.39 is 0 Å². The molecule has 0 fully saturated rings. The Bertz CT molecular complexity index is 447. The van der Waals surface area contributed by atoms with Gasteiger partial charge in [0.2, 0.25) is 5.89 Å². The van der Waals surface area contributed by atoms with Gasteiger partial charge in [-0.3, -0.25) is 0 Å².